The number of hydrazine groups is 1. The number of amides is 2. The Bertz CT molecular complexity index is 1190. The first-order chi connectivity index (χ1) is 15.9. The van der Waals surface area contributed by atoms with Crippen molar-refractivity contribution < 1.29 is 22.5 Å². The van der Waals surface area contributed by atoms with Crippen LogP contribution in [-0.4, -0.2) is 60.8 Å². The molecule has 2 N–H and O–H groups in total. The van der Waals surface area contributed by atoms with Crippen LogP contribution in [0.2, 0.25) is 0 Å². The van der Waals surface area contributed by atoms with Gasteiger partial charge in [0.2, 0.25) is 10.0 Å². The van der Waals surface area contributed by atoms with E-state index in [0.717, 1.165) is 6.54 Å². The van der Waals surface area contributed by atoms with Gasteiger partial charge < -0.3 is 4.52 Å². The van der Waals surface area contributed by atoms with Gasteiger partial charge in [-0.15, -0.1) is 0 Å². The average Bonchev–Trinajstić information content (AvgIpc) is 3.39. The highest BCUT2D eigenvalue weighted by atomic mass is 32.2. The minimum atomic E-state index is -3.67. The van der Waals surface area contributed by atoms with E-state index in [0.29, 0.717) is 26.2 Å². The molecule has 1 aliphatic rings. The van der Waals surface area contributed by atoms with Gasteiger partial charge in [0, 0.05) is 44.4 Å². The molecule has 0 aliphatic carbocycles. The van der Waals surface area contributed by atoms with Crippen molar-refractivity contribution in [2.45, 2.75) is 11.4 Å². The Morgan fingerprint density at radius 2 is 1.55 bits per heavy atom. The number of hydrogen-bond acceptors (Lipinski definition) is 7. The predicted octanol–water partition coefficient (Wildman–Crippen LogP) is 1.26. The lowest BCUT2D eigenvalue weighted by molar-refractivity contribution is 0.0841. The molecule has 2 amide bonds. The average molecular weight is 470 g/mol. The Labute approximate surface area is 191 Å². The number of hydrogen-bond donors (Lipinski definition) is 2. The number of rotatable bonds is 6. The predicted molar refractivity (Wildman–Crippen MR) is 118 cm³/mol. The summed E-state index contributed by atoms with van der Waals surface area (Å²) in [6.45, 7) is 2.85. The zero-order valence-corrected chi connectivity index (χ0v) is 18.5. The molecule has 2 aromatic carbocycles. The van der Waals surface area contributed by atoms with Gasteiger partial charge in [0.05, 0.1) is 4.90 Å². The number of nitrogens with one attached hydrogen (secondary N) is 2. The van der Waals surface area contributed by atoms with E-state index in [9.17, 15) is 18.0 Å². The van der Waals surface area contributed by atoms with Gasteiger partial charge in [-0.05, 0) is 29.8 Å². The maximum Gasteiger partial charge on any atom is 0.291 e. The SMILES string of the molecule is O=C(NNC(=O)c1ccon1)c1ccc(S(=O)(=O)N2CCN(Cc3ccccc3)CC2)cc1. The molecule has 10 nitrogen and oxygen atoms in total. The van der Waals surface area contributed by atoms with E-state index < -0.39 is 21.8 Å². The van der Waals surface area contributed by atoms with Crippen molar-refractivity contribution in [1.29, 1.82) is 0 Å². The third-order valence-electron chi connectivity index (χ3n) is 5.29. The fraction of sp³-hybridized carbons (Fsp3) is 0.227. The van der Waals surface area contributed by atoms with Crippen LogP contribution in [0.25, 0.3) is 0 Å². The zero-order chi connectivity index (χ0) is 23.3. The largest absolute Gasteiger partial charge is 0.364 e. The highest BCUT2D eigenvalue weighted by Crippen LogP contribution is 2.19. The number of sulfonamides is 1. The molecular formula is C22H23N5O5S. The van der Waals surface area contributed by atoms with Gasteiger partial charge >= 0.3 is 0 Å². The molecule has 0 spiro atoms. The molecule has 1 aromatic heterocycles. The van der Waals surface area contributed by atoms with Crippen molar-refractivity contribution in [2.75, 3.05) is 26.2 Å². The van der Waals surface area contributed by atoms with E-state index in [1.54, 1.807) is 0 Å². The molecule has 0 bridgehead atoms. The number of piperazine rings is 1. The van der Waals surface area contributed by atoms with E-state index in [-0.39, 0.29) is 16.2 Å². The Morgan fingerprint density at radius 1 is 0.879 bits per heavy atom. The van der Waals surface area contributed by atoms with Crippen LogP contribution in [0.4, 0.5) is 0 Å². The van der Waals surface area contributed by atoms with Gasteiger partial charge in [-0.3, -0.25) is 25.3 Å². The fourth-order valence-corrected chi connectivity index (χ4v) is 4.90. The van der Waals surface area contributed by atoms with Crippen LogP contribution < -0.4 is 10.9 Å². The van der Waals surface area contributed by atoms with Gasteiger partial charge in [-0.1, -0.05) is 35.5 Å². The summed E-state index contributed by atoms with van der Waals surface area (Å²) in [5.41, 5.74) is 5.86. The maximum absolute atomic E-state index is 13.0. The van der Waals surface area contributed by atoms with E-state index in [4.69, 9.17) is 0 Å². The van der Waals surface area contributed by atoms with Crippen molar-refractivity contribution in [3.63, 3.8) is 0 Å². The third kappa shape index (κ3) is 5.45. The molecule has 0 saturated carbocycles. The number of aromatic nitrogens is 1. The summed E-state index contributed by atoms with van der Waals surface area (Å²) in [6.07, 6.45) is 1.24. The van der Waals surface area contributed by atoms with Crippen molar-refractivity contribution in [3.8, 4) is 0 Å². The van der Waals surface area contributed by atoms with Crippen molar-refractivity contribution in [3.05, 3.63) is 83.7 Å². The lowest BCUT2D eigenvalue weighted by Crippen LogP contribution is -2.48. The number of nitrogens with zero attached hydrogens (tertiary/aromatic N) is 3. The van der Waals surface area contributed by atoms with E-state index in [2.05, 4.69) is 37.6 Å². The normalized spacial score (nSPS) is 15.2. The summed E-state index contributed by atoms with van der Waals surface area (Å²) in [4.78, 5) is 26.4. The van der Waals surface area contributed by atoms with E-state index in [1.165, 1.54) is 46.5 Å². The first kappa shape index (κ1) is 22.6. The fourth-order valence-electron chi connectivity index (χ4n) is 3.48. The summed E-state index contributed by atoms with van der Waals surface area (Å²) >= 11 is 0. The third-order valence-corrected chi connectivity index (χ3v) is 7.21. The molecule has 4 rings (SSSR count). The maximum atomic E-state index is 13.0. The molecule has 1 fully saturated rings. The Kier molecular flexibility index (Phi) is 6.82. The van der Waals surface area contributed by atoms with Crippen molar-refractivity contribution >= 4 is 21.8 Å². The molecule has 2 heterocycles. The lowest BCUT2D eigenvalue weighted by atomic mass is 10.2. The molecule has 0 radical (unpaired) electrons. The molecule has 1 aliphatic heterocycles. The second-order valence-electron chi connectivity index (χ2n) is 7.48. The molecule has 3 aromatic rings. The monoisotopic (exact) mass is 469 g/mol. The highest BCUT2D eigenvalue weighted by Gasteiger charge is 2.28. The summed E-state index contributed by atoms with van der Waals surface area (Å²) in [5, 5.41) is 3.46. The lowest BCUT2D eigenvalue weighted by Gasteiger charge is -2.34. The van der Waals surface area contributed by atoms with Crippen LogP contribution in [0.1, 0.15) is 26.4 Å². The minimum absolute atomic E-state index is 0.0145. The number of benzene rings is 2. The minimum Gasteiger partial charge on any atom is -0.364 e. The summed E-state index contributed by atoms with van der Waals surface area (Å²) < 4.78 is 32.1. The van der Waals surface area contributed by atoms with Crippen molar-refractivity contribution in [1.82, 2.24) is 25.2 Å². The van der Waals surface area contributed by atoms with Crippen LogP contribution in [0.3, 0.4) is 0 Å². The smallest absolute Gasteiger partial charge is 0.291 e. The molecule has 172 valence electrons. The molecule has 1 saturated heterocycles. The molecule has 33 heavy (non-hydrogen) atoms. The van der Waals surface area contributed by atoms with Gasteiger partial charge in [0.1, 0.15) is 6.26 Å². The van der Waals surface area contributed by atoms with Gasteiger partial charge in [-0.2, -0.15) is 4.31 Å². The summed E-state index contributed by atoms with van der Waals surface area (Å²) in [6, 6.07) is 17.0. The number of carbonyl (C=O) groups is 2. The molecule has 11 heteroatoms. The Balaban J connectivity index is 1.32. The van der Waals surface area contributed by atoms with Crippen LogP contribution in [0.5, 0.6) is 0 Å². The second-order valence-corrected chi connectivity index (χ2v) is 9.42. The highest BCUT2D eigenvalue weighted by molar-refractivity contribution is 7.89. The first-order valence-corrected chi connectivity index (χ1v) is 11.7. The molecule has 0 unspecified atom stereocenters. The number of carbonyl (C=O) groups excluding carboxylic acids is 2. The topological polar surface area (TPSA) is 125 Å². The van der Waals surface area contributed by atoms with Crippen molar-refractivity contribution in [2.24, 2.45) is 0 Å². The van der Waals surface area contributed by atoms with Gasteiger partial charge in [0.15, 0.2) is 5.69 Å². The van der Waals surface area contributed by atoms with Crippen LogP contribution in [-0.2, 0) is 16.6 Å². The summed E-state index contributed by atoms with van der Waals surface area (Å²) in [5.74, 6) is -1.23. The standard InChI is InChI=1S/C22H23N5O5S/c28-21(23-24-22(29)20-10-15-32-25-20)18-6-8-19(9-7-18)33(30,31)27-13-11-26(12-14-27)16-17-4-2-1-3-5-17/h1-10,15H,11-14,16H2,(H,23,28)(H,24,29). The quantitative estimate of drug-likeness (QED) is 0.521. The van der Waals surface area contributed by atoms with Crippen LogP contribution in [0.15, 0.2) is 76.3 Å². The second kappa shape index (κ2) is 9.94. The zero-order valence-electron chi connectivity index (χ0n) is 17.7. The molecular weight excluding hydrogens is 446 g/mol. The van der Waals surface area contributed by atoms with E-state index in [1.807, 2.05) is 18.2 Å². The van der Waals surface area contributed by atoms with Crippen LogP contribution in [0, 0.1) is 0 Å². The Hall–Kier alpha value is -3.54. The van der Waals surface area contributed by atoms with Gasteiger partial charge in [-0.25, -0.2) is 8.42 Å². The molecule has 0 atom stereocenters. The van der Waals surface area contributed by atoms with Gasteiger partial charge in [0.25, 0.3) is 11.8 Å². The van der Waals surface area contributed by atoms with E-state index >= 15 is 0 Å². The first-order valence-electron chi connectivity index (χ1n) is 10.3. The van der Waals surface area contributed by atoms with Crippen LogP contribution >= 0.6 is 0 Å². The summed E-state index contributed by atoms with van der Waals surface area (Å²) in [7, 11) is -3.67. The Morgan fingerprint density at radius 3 is 2.18 bits per heavy atom.